The smallest absolute Gasteiger partial charge is 0.357 e. The van der Waals surface area contributed by atoms with Crippen LogP contribution in [0.1, 0.15) is 22.3 Å². The minimum absolute atomic E-state index is 0.342. The highest BCUT2D eigenvalue weighted by Gasteiger charge is 2.16. The van der Waals surface area contributed by atoms with Crippen LogP contribution < -0.4 is 10.1 Å². The molecule has 20 heavy (non-hydrogen) atoms. The Kier molecular flexibility index (Phi) is 4.57. The van der Waals surface area contributed by atoms with Gasteiger partial charge in [0.05, 0.1) is 19.4 Å². The van der Waals surface area contributed by atoms with Crippen LogP contribution in [-0.2, 0) is 4.74 Å². The van der Waals surface area contributed by atoms with Crippen LogP contribution in [0.4, 0.5) is 10.8 Å². The highest BCUT2D eigenvalue weighted by molar-refractivity contribution is 7.15. The summed E-state index contributed by atoms with van der Waals surface area (Å²) in [6, 6.07) is 7.60. The number of carbonyl (C=O) groups is 1. The van der Waals surface area contributed by atoms with Crippen LogP contribution in [0.25, 0.3) is 0 Å². The van der Waals surface area contributed by atoms with Crippen molar-refractivity contribution >= 4 is 28.1 Å². The molecule has 0 aliphatic heterocycles. The first-order valence-corrected chi connectivity index (χ1v) is 7.02. The van der Waals surface area contributed by atoms with Gasteiger partial charge in [0, 0.05) is 4.88 Å². The van der Waals surface area contributed by atoms with Crippen LogP contribution in [0, 0.1) is 6.92 Å². The van der Waals surface area contributed by atoms with Gasteiger partial charge in [0.1, 0.15) is 5.75 Å². The van der Waals surface area contributed by atoms with E-state index in [-0.39, 0.29) is 0 Å². The van der Waals surface area contributed by atoms with E-state index in [0.717, 1.165) is 16.3 Å². The number of benzene rings is 1. The summed E-state index contributed by atoms with van der Waals surface area (Å²) in [6.45, 7) is 4.35. The zero-order chi connectivity index (χ0) is 14.5. The van der Waals surface area contributed by atoms with Crippen molar-refractivity contribution in [3.63, 3.8) is 0 Å². The van der Waals surface area contributed by atoms with Gasteiger partial charge in [-0.15, -0.1) is 11.3 Å². The van der Waals surface area contributed by atoms with E-state index in [0.29, 0.717) is 17.4 Å². The van der Waals surface area contributed by atoms with Crippen molar-refractivity contribution in [2.75, 3.05) is 19.0 Å². The van der Waals surface area contributed by atoms with Crippen molar-refractivity contribution in [2.24, 2.45) is 0 Å². The van der Waals surface area contributed by atoms with Gasteiger partial charge < -0.3 is 14.8 Å². The number of anilines is 2. The fourth-order valence-corrected chi connectivity index (χ4v) is 2.52. The molecule has 1 aromatic carbocycles. The number of thiazole rings is 1. The van der Waals surface area contributed by atoms with Crippen LogP contribution in [-0.4, -0.2) is 24.7 Å². The molecule has 6 heteroatoms. The predicted octanol–water partition coefficient (Wildman–Crippen LogP) is 3.38. The molecule has 0 aliphatic carbocycles. The summed E-state index contributed by atoms with van der Waals surface area (Å²) in [6.07, 6.45) is 0. The van der Waals surface area contributed by atoms with Gasteiger partial charge in [0.15, 0.2) is 10.8 Å². The second-order valence-corrected chi connectivity index (χ2v) is 5.17. The van der Waals surface area contributed by atoms with Gasteiger partial charge in [-0.05, 0) is 26.0 Å². The van der Waals surface area contributed by atoms with Crippen LogP contribution in [0.15, 0.2) is 24.3 Å². The molecule has 0 bridgehead atoms. The highest BCUT2D eigenvalue weighted by atomic mass is 32.1. The lowest BCUT2D eigenvalue weighted by molar-refractivity contribution is 0.0594. The van der Waals surface area contributed by atoms with Gasteiger partial charge in [-0.3, -0.25) is 0 Å². The molecule has 0 amide bonds. The molecule has 0 radical (unpaired) electrons. The molecule has 0 saturated heterocycles. The molecule has 0 fully saturated rings. The summed E-state index contributed by atoms with van der Waals surface area (Å²) < 4.78 is 10.2. The molecule has 0 unspecified atom stereocenters. The van der Waals surface area contributed by atoms with E-state index in [1.165, 1.54) is 18.4 Å². The van der Waals surface area contributed by atoms with Crippen LogP contribution in [0.3, 0.4) is 0 Å². The van der Waals surface area contributed by atoms with Crippen molar-refractivity contribution in [3.8, 4) is 5.75 Å². The Hall–Kier alpha value is -2.08. The Bertz CT molecular complexity index is 610. The van der Waals surface area contributed by atoms with E-state index >= 15 is 0 Å². The number of aryl methyl sites for hydroxylation is 1. The summed E-state index contributed by atoms with van der Waals surface area (Å²) in [5.41, 5.74) is 1.16. The predicted molar refractivity (Wildman–Crippen MR) is 79.1 cm³/mol. The molecule has 5 nitrogen and oxygen atoms in total. The maximum atomic E-state index is 11.5. The quantitative estimate of drug-likeness (QED) is 0.856. The maximum absolute atomic E-state index is 11.5. The third kappa shape index (κ3) is 3.08. The lowest BCUT2D eigenvalue weighted by Crippen LogP contribution is -2.03. The van der Waals surface area contributed by atoms with E-state index in [9.17, 15) is 4.79 Å². The summed E-state index contributed by atoms with van der Waals surface area (Å²) in [4.78, 5) is 16.6. The number of nitrogens with one attached hydrogen (secondary N) is 1. The monoisotopic (exact) mass is 292 g/mol. The van der Waals surface area contributed by atoms with E-state index in [4.69, 9.17) is 9.47 Å². The number of esters is 1. The third-order valence-corrected chi connectivity index (χ3v) is 3.49. The van der Waals surface area contributed by atoms with Gasteiger partial charge in [-0.25, -0.2) is 9.78 Å². The largest absolute Gasteiger partial charge is 0.492 e. The molecule has 0 atom stereocenters. The molecular formula is C14H16N2O3S. The Morgan fingerprint density at radius 3 is 2.85 bits per heavy atom. The molecule has 2 rings (SSSR count). The van der Waals surface area contributed by atoms with Gasteiger partial charge in [-0.2, -0.15) is 0 Å². The standard InChI is InChI=1S/C14H16N2O3S/c1-4-19-11-8-6-5-7-10(11)15-14-16-12(9(2)20-14)13(17)18-3/h5-8H,4H2,1-3H3,(H,15,16). The minimum Gasteiger partial charge on any atom is -0.492 e. The van der Waals surface area contributed by atoms with Gasteiger partial charge in [0.2, 0.25) is 0 Å². The fraction of sp³-hybridized carbons (Fsp3) is 0.286. The topological polar surface area (TPSA) is 60.5 Å². The number of hydrogen-bond donors (Lipinski definition) is 1. The average Bonchev–Trinajstić information content (AvgIpc) is 2.81. The molecule has 0 spiro atoms. The number of ether oxygens (including phenoxy) is 2. The van der Waals surface area contributed by atoms with Crippen molar-refractivity contribution in [3.05, 3.63) is 34.8 Å². The second kappa shape index (κ2) is 6.38. The molecule has 1 aromatic heterocycles. The SMILES string of the molecule is CCOc1ccccc1Nc1nc(C(=O)OC)c(C)s1. The maximum Gasteiger partial charge on any atom is 0.357 e. The first kappa shape index (κ1) is 14.3. The molecular weight excluding hydrogens is 276 g/mol. The van der Waals surface area contributed by atoms with Crippen molar-refractivity contribution in [2.45, 2.75) is 13.8 Å². The molecule has 0 aliphatic rings. The Labute approximate surface area is 121 Å². The Balaban J connectivity index is 2.24. The summed E-state index contributed by atoms with van der Waals surface area (Å²) in [5.74, 6) is 0.326. The Morgan fingerprint density at radius 1 is 1.40 bits per heavy atom. The molecule has 106 valence electrons. The van der Waals surface area contributed by atoms with Crippen molar-refractivity contribution < 1.29 is 14.3 Å². The number of hydrogen-bond acceptors (Lipinski definition) is 6. The second-order valence-electron chi connectivity index (χ2n) is 3.97. The van der Waals surface area contributed by atoms with Crippen LogP contribution >= 0.6 is 11.3 Å². The summed E-state index contributed by atoms with van der Waals surface area (Å²) in [7, 11) is 1.35. The number of carbonyl (C=O) groups excluding carboxylic acids is 1. The number of aromatic nitrogens is 1. The third-order valence-electron chi connectivity index (χ3n) is 2.60. The van der Waals surface area contributed by atoms with Gasteiger partial charge in [0.25, 0.3) is 0 Å². The lowest BCUT2D eigenvalue weighted by Gasteiger charge is -2.09. The number of rotatable bonds is 5. The van der Waals surface area contributed by atoms with E-state index in [1.807, 2.05) is 38.1 Å². The first-order chi connectivity index (χ1) is 9.65. The normalized spacial score (nSPS) is 10.2. The van der Waals surface area contributed by atoms with Crippen molar-refractivity contribution in [1.82, 2.24) is 4.98 Å². The fourth-order valence-electron chi connectivity index (χ4n) is 1.70. The first-order valence-electron chi connectivity index (χ1n) is 6.20. The van der Waals surface area contributed by atoms with Crippen molar-refractivity contribution in [1.29, 1.82) is 0 Å². The summed E-state index contributed by atoms with van der Waals surface area (Å²) in [5, 5.41) is 3.81. The zero-order valence-corrected chi connectivity index (χ0v) is 12.4. The lowest BCUT2D eigenvalue weighted by atomic mass is 10.3. The van der Waals surface area contributed by atoms with Crippen LogP contribution in [0.5, 0.6) is 5.75 Å². The number of para-hydroxylation sites is 2. The van der Waals surface area contributed by atoms with E-state index in [1.54, 1.807) is 0 Å². The van der Waals surface area contributed by atoms with Gasteiger partial charge in [-0.1, -0.05) is 12.1 Å². The number of methoxy groups -OCH3 is 1. The van der Waals surface area contributed by atoms with E-state index < -0.39 is 5.97 Å². The molecule has 2 aromatic rings. The average molecular weight is 292 g/mol. The highest BCUT2D eigenvalue weighted by Crippen LogP contribution is 2.30. The molecule has 1 N–H and O–H groups in total. The van der Waals surface area contributed by atoms with Crippen LogP contribution in [0.2, 0.25) is 0 Å². The molecule has 1 heterocycles. The zero-order valence-electron chi connectivity index (χ0n) is 11.6. The number of nitrogens with zero attached hydrogens (tertiary/aromatic N) is 1. The molecule has 0 saturated carbocycles. The van der Waals surface area contributed by atoms with E-state index in [2.05, 4.69) is 10.3 Å². The summed E-state index contributed by atoms with van der Waals surface area (Å²) >= 11 is 1.40. The van der Waals surface area contributed by atoms with Gasteiger partial charge >= 0.3 is 5.97 Å². The Morgan fingerprint density at radius 2 is 2.15 bits per heavy atom. The minimum atomic E-state index is -0.426.